The van der Waals surface area contributed by atoms with Gasteiger partial charge in [-0.25, -0.2) is 5.48 Å². The standard InChI is InChI=1S/C21H44N2O2/c1-3-5-6-7-8-9-10-11-12-13-14-15-16-17-19-22-20(18-4-2)21(24)23-25/h20,22,25H,3-19H2,1-2H3,(H,23,24). The van der Waals surface area contributed by atoms with Crippen molar-refractivity contribution in [3.63, 3.8) is 0 Å². The molecule has 1 atom stereocenters. The number of nitrogens with one attached hydrogen (secondary N) is 2. The lowest BCUT2D eigenvalue weighted by molar-refractivity contribution is -0.131. The highest BCUT2D eigenvalue weighted by molar-refractivity contribution is 5.80. The SMILES string of the molecule is CCCCCCCCCCCCCCCCNC(CCC)C(=O)NO. The molecule has 0 fully saturated rings. The van der Waals surface area contributed by atoms with E-state index in [1.807, 2.05) is 6.92 Å². The molecule has 0 aliphatic rings. The molecule has 0 saturated heterocycles. The van der Waals surface area contributed by atoms with Crippen LogP contribution in [0.25, 0.3) is 0 Å². The fraction of sp³-hybridized carbons (Fsp3) is 0.952. The van der Waals surface area contributed by atoms with Crippen molar-refractivity contribution in [3.8, 4) is 0 Å². The molecular weight excluding hydrogens is 312 g/mol. The summed E-state index contributed by atoms with van der Waals surface area (Å²) in [6.45, 7) is 5.18. The molecule has 3 N–H and O–H groups in total. The van der Waals surface area contributed by atoms with Gasteiger partial charge in [0.05, 0.1) is 6.04 Å². The quantitative estimate of drug-likeness (QED) is 0.157. The van der Waals surface area contributed by atoms with Gasteiger partial charge in [-0.15, -0.1) is 0 Å². The van der Waals surface area contributed by atoms with Crippen molar-refractivity contribution in [2.75, 3.05) is 6.54 Å². The zero-order valence-corrected chi connectivity index (χ0v) is 17.0. The van der Waals surface area contributed by atoms with Crippen LogP contribution in [-0.2, 0) is 4.79 Å². The number of amides is 1. The van der Waals surface area contributed by atoms with Crippen molar-refractivity contribution in [2.45, 2.75) is 123 Å². The molecule has 0 aliphatic carbocycles. The van der Waals surface area contributed by atoms with E-state index in [9.17, 15) is 4.79 Å². The van der Waals surface area contributed by atoms with Crippen LogP contribution >= 0.6 is 0 Å². The van der Waals surface area contributed by atoms with Gasteiger partial charge in [0.2, 0.25) is 0 Å². The molecule has 0 saturated carbocycles. The summed E-state index contributed by atoms with van der Waals surface area (Å²) in [5.74, 6) is -0.313. The van der Waals surface area contributed by atoms with E-state index >= 15 is 0 Å². The molecule has 0 heterocycles. The van der Waals surface area contributed by atoms with Crippen molar-refractivity contribution < 1.29 is 10.0 Å². The van der Waals surface area contributed by atoms with Gasteiger partial charge in [0.1, 0.15) is 0 Å². The molecule has 4 nitrogen and oxygen atoms in total. The number of hydrogen-bond acceptors (Lipinski definition) is 3. The van der Waals surface area contributed by atoms with E-state index in [1.54, 1.807) is 5.48 Å². The molecule has 0 aromatic carbocycles. The van der Waals surface area contributed by atoms with E-state index < -0.39 is 0 Å². The van der Waals surface area contributed by atoms with Crippen LogP contribution in [0, 0.1) is 0 Å². The minimum Gasteiger partial charge on any atom is -0.306 e. The fourth-order valence-electron chi connectivity index (χ4n) is 3.29. The number of unbranched alkanes of at least 4 members (excludes halogenated alkanes) is 13. The van der Waals surface area contributed by atoms with Crippen molar-refractivity contribution in [3.05, 3.63) is 0 Å². The molecule has 0 radical (unpaired) electrons. The average Bonchev–Trinajstić information content (AvgIpc) is 2.63. The van der Waals surface area contributed by atoms with Crippen LogP contribution < -0.4 is 10.8 Å². The first kappa shape index (κ1) is 24.4. The maximum atomic E-state index is 11.5. The first-order valence-electron chi connectivity index (χ1n) is 10.9. The third-order valence-corrected chi connectivity index (χ3v) is 4.93. The summed E-state index contributed by atoms with van der Waals surface area (Å²) in [6, 6.07) is -0.253. The molecule has 0 aromatic rings. The third-order valence-electron chi connectivity index (χ3n) is 4.93. The van der Waals surface area contributed by atoms with E-state index in [4.69, 9.17) is 5.21 Å². The van der Waals surface area contributed by atoms with Crippen LogP contribution in [0.5, 0.6) is 0 Å². The molecule has 0 aromatic heterocycles. The fourth-order valence-corrected chi connectivity index (χ4v) is 3.29. The molecule has 1 amide bonds. The Labute approximate surface area is 156 Å². The van der Waals surface area contributed by atoms with Crippen LogP contribution in [0.3, 0.4) is 0 Å². The number of hydrogen-bond donors (Lipinski definition) is 3. The van der Waals surface area contributed by atoms with Gasteiger partial charge in [-0.05, 0) is 19.4 Å². The zero-order valence-electron chi connectivity index (χ0n) is 17.0. The lowest BCUT2D eigenvalue weighted by atomic mass is 10.0. The zero-order chi connectivity index (χ0) is 18.6. The van der Waals surface area contributed by atoms with Crippen molar-refractivity contribution in [1.29, 1.82) is 0 Å². The maximum Gasteiger partial charge on any atom is 0.260 e. The van der Waals surface area contributed by atoms with E-state index in [2.05, 4.69) is 12.2 Å². The van der Waals surface area contributed by atoms with Crippen LogP contribution in [-0.4, -0.2) is 23.7 Å². The number of carbonyl (C=O) groups excluding carboxylic acids is 1. The highest BCUT2D eigenvalue weighted by atomic mass is 16.5. The Morgan fingerprint density at radius 2 is 1.16 bits per heavy atom. The predicted octanol–water partition coefficient (Wildman–Crippen LogP) is 5.73. The Balaban J connectivity index is 3.26. The minimum atomic E-state index is -0.313. The Morgan fingerprint density at radius 3 is 1.56 bits per heavy atom. The summed E-state index contributed by atoms with van der Waals surface area (Å²) in [7, 11) is 0. The molecule has 25 heavy (non-hydrogen) atoms. The Kier molecular flexibility index (Phi) is 19.2. The van der Waals surface area contributed by atoms with Crippen LogP contribution in [0.2, 0.25) is 0 Å². The van der Waals surface area contributed by atoms with Gasteiger partial charge in [0.15, 0.2) is 0 Å². The highest BCUT2D eigenvalue weighted by Gasteiger charge is 2.15. The lowest BCUT2D eigenvalue weighted by Gasteiger charge is -2.15. The monoisotopic (exact) mass is 356 g/mol. The van der Waals surface area contributed by atoms with Crippen LogP contribution in [0.1, 0.15) is 117 Å². The Hall–Kier alpha value is -0.610. The summed E-state index contributed by atoms with van der Waals surface area (Å²) in [5.41, 5.74) is 1.75. The van der Waals surface area contributed by atoms with Gasteiger partial charge < -0.3 is 5.32 Å². The van der Waals surface area contributed by atoms with Gasteiger partial charge in [-0.1, -0.05) is 104 Å². The lowest BCUT2D eigenvalue weighted by Crippen LogP contribution is -2.43. The summed E-state index contributed by atoms with van der Waals surface area (Å²) in [4.78, 5) is 11.5. The molecule has 0 spiro atoms. The molecule has 1 unspecified atom stereocenters. The van der Waals surface area contributed by atoms with Crippen LogP contribution in [0.4, 0.5) is 0 Å². The van der Waals surface area contributed by atoms with E-state index in [0.717, 1.165) is 25.8 Å². The van der Waals surface area contributed by atoms with Gasteiger partial charge in [-0.2, -0.15) is 0 Å². The van der Waals surface area contributed by atoms with Gasteiger partial charge in [0.25, 0.3) is 5.91 Å². The second-order valence-electron chi connectivity index (χ2n) is 7.37. The molecule has 0 rings (SSSR count). The Bertz CT molecular complexity index is 285. The highest BCUT2D eigenvalue weighted by Crippen LogP contribution is 2.12. The largest absolute Gasteiger partial charge is 0.306 e. The normalized spacial score (nSPS) is 12.3. The minimum absolute atomic E-state index is 0.253. The van der Waals surface area contributed by atoms with Gasteiger partial charge >= 0.3 is 0 Å². The first-order chi connectivity index (χ1) is 12.3. The Morgan fingerprint density at radius 1 is 0.720 bits per heavy atom. The summed E-state index contributed by atoms with van der Waals surface area (Å²) in [6.07, 6.45) is 20.7. The molecular formula is C21H44N2O2. The smallest absolute Gasteiger partial charge is 0.260 e. The van der Waals surface area contributed by atoms with E-state index in [1.165, 1.54) is 83.5 Å². The summed E-state index contributed by atoms with van der Waals surface area (Å²) < 4.78 is 0. The van der Waals surface area contributed by atoms with Crippen molar-refractivity contribution in [2.24, 2.45) is 0 Å². The second kappa shape index (κ2) is 19.7. The molecule has 0 aliphatic heterocycles. The van der Waals surface area contributed by atoms with Gasteiger partial charge in [0, 0.05) is 0 Å². The number of hydroxylamine groups is 1. The number of rotatable bonds is 19. The van der Waals surface area contributed by atoms with E-state index in [-0.39, 0.29) is 11.9 Å². The van der Waals surface area contributed by atoms with Crippen molar-refractivity contribution >= 4 is 5.91 Å². The summed E-state index contributed by atoms with van der Waals surface area (Å²) >= 11 is 0. The predicted molar refractivity (Wildman–Crippen MR) is 107 cm³/mol. The molecule has 0 bridgehead atoms. The molecule has 150 valence electrons. The maximum absolute atomic E-state index is 11.5. The van der Waals surface area contributed by atoms with Crippen molar-refractivity contribution in [1.82, 2.24) is 10.8 Å². The summed E-state index contributed by atoms with van der Waals surface area (Å²) in [5, 5.41) is 12.0. The average molecular weight is 357 g/mol. The number of carbonyl (C=O) groups is 1. The topological polar surface area (TPSA) is 61.4 Å². The van der Waals surface area contributed by atoms with E-state index in [0.29, 0.717) is 0 Å². The second-order valence-corrected chi connectivity index (χ2v) is 7.37. The first-order valence-corrected chi connectivity index (χ1v) is 10.9. The van der Waals surface area contributed by atoms with Crippen LogP contribution in [0.15, 0.2) is 0 Å². The van der Waals surface area contributed by atoms with Gasteiger partial charge in [-0.3, -0.25) is 10.0 Å². The molecule has 4 heteroatoms. The third kappa shape index (κ3) is 16.6.